The third kappa shape index (κ3) is 5.33. The lowest BCUT2D eigenvalue weighted by molar-refractivity contribution is 0.386. The number of nitrogens with one attached hydrogen (secondary N) is 2. The van der Waals surface area contributed by atoms with Crippen LogP contribution in [-0.2, 0) is 6.54 Å². The molecule has 1 saturated carbocycles. The van der Waals surface area contributed by atoms with Crippen molar-refractivity contribution < 1.29 is 9.13 Å². The van der Waals surface area contributed by atoms with Crippen molar-refractivity contribution in [3.63, 3.8) is 0 Å². The van der Waals surface area contributed by atoms with Crippen LogP contribution in [0.1, 0.15) is 25.8 Å². The topological polar surface area (TPSA) is 45.7 Å². The zero-order valence-corrected chi connectivity index (χ0v) is 15.0. The van der Waals surface area contributed by atoms with Gasteiger partial charge in [-0.25, -0.2) is 9.38 Å². The summed E-state index contributed by atoms with van der Waals surface area (Å²) >= 11 is 0. The van der Waals surface area contributed by atoms with Crippen molar-refractivity contribution >= 4 is 29.9 Å². The summed E-state index contributed by atoms with van der Waals surface area (Å²) < 4.78 is 18.5. The van der Waals surface area contributed by atoms with E-state index in [1.807, 2.05) is 13.0 Å². The Morgan fingerprint density at radius 2 is 2.19 bits per heavy atom. The van der Waals surface area contributed by atoms with E-state index in [2.05, 4.69) is 22.5 Å². The molecule has 0 bridgehead atoms. The molecule has 1 aliphatic rings. The van der Waals surface area contributed by atoms with E-state index in [-0.39, 0.29) is 35.5 Å². The number of hydrogen-bond donors (Lipinski definition) is 2. The van der Waals surface area contributed by atoms with E-state index in [9.17, 15) is 4.39 Å². The summed E-state index contributed by atoms with van der Waals surface area (Å²) in [5.74, 6) is 1.40. The van der Waals surface area contributed by atoms with Gasteiger partial charge in [0.2, 0.25) is 0 Å². The molecule has 0 spiro atoms. The Morgan fingerprint density at radius 3 is 2.71 bits per heavy atom. The van der Waals surface area contributed by atoms with E-state index in [0.717, 1.165) is 18.1 Å². The fourth-order valence-electron chi connectivity index (χ4n) is 2.00. The summed E-state index contributed by atoms with van der Waals surface area (Å²) in [4.78, 5) is 4.48. The van der Waals surface area contributed by atoms with Gasteiger partial charge in [-0.2, -0.15) is 0 Å². The van der Waals surface area contributed by atoms with E-state index in [1.54, 1.807) is 6.07 Å². The number of guanidine groups is 1. The number of benzene rings is 1. The third-order valence-electron chi connectivity index (χ3n) is 3.41. The van der Waals surface area contributed by atoms with Crippen molar-refractivity contribution in [2.45, 2.75) is 32.9 Å². The molecule has 1 fully saturated rings. The lowest BCUT2D eigenvalue weighted by Crippen LogP contribution is -2.39. The number of halogens is 2. The second kappa shape index (κ2) is 8.41. The zero-order chi connectivity index (χ0) is 14.5. The molecule has 2 rings (SSSR count). The van der Waals surface area contributed by atoms with Crippen molar-refractivity contribution in [1.82, 2.24) is 10.6 Å². The van der Waals surface area contributed by atoms with Gasteiger partial charge in [0.05, 0.1) is 13.7 Å². The molecule has 0 amide bonds. The molecule has 2 N–H and O–H groups in total. The van der Waals surface area contributed by atoms with Crippen molar-refractivity contribution in [3.05, 3.63) is 29.6 Å². The lowest BCUT2D eigenvalue weighted by Gasteiger charge is -2.11. The van der Waals surface area contributed by atoms with Gasteiger partial charge in [0.15, 0.2) is 17.5 Å². The highest BCUT2D eigenvalue weighted by atomic mass is 127. The van der Waals surface area contributed by atoms with E-state index < -0.39 is 0 Å². The summed E-state index contributed by atoms with van der Waals surface area (Å²) in [7, 11) is 1.46. The standard InChI is InChI=1S/C15H22FN3O.HI/c1-4-17-15(19-13-7-10(13)2)18-9-11-5-6-14(20-3)12(16)8-11;/h5-6,8,10,13H,4,7,9H2,1-3H3,(H2,17,18,19);1H. The predicted molar refractivity (Wildman–Crippen MR) is 93.9 cm³/mol. The molecule has 21 heavy (non-hydrogen) atoms. The van der Waals surface area contributed by atoms with Gasteiger partial charge < -0.3 is 15.4 Å². The number of hydrogen-bond acceptors (Lipinski definition) is 2. The second-order valence-electron chi connectivity index (χ2n) is 5.13. The first-order valence-electron chi connectivity index (χ1n) is 7.01. The minimum absolute atomic E-state index is 0. The van der Waals surface area contributed by atoms with Gasteiger partial charge in [-0.1, -0.05) is 13.0 Å². The third-order valence-corrected chi connectivity index (χ3v) is 3.41. The summed E-state index contributed by atoms with van der Waals surface area (Å²) in [5.41, 5.74) is 0.823. The van der Waals surface area contributed by atoms with E-state index in [1.165, 1.54) is 19.6 Å². The Morgan fingerprint density at radius 1 is 1.48 bits per heavy atom. The summed E-state index contributed by atoms with van der Waals surface area (Å²) in [6.07, 6.45) is 1.18. The van der Waals surface area contributed by atoms with Crippen molar-refractivity contribution in [1.29, 1.82) is 0 Å². The molecule has 1 aliphatic carbocycles. The maximum absolute atomic E-state index is 13.6. The van der Waals surface area contributed by atoms with Gasteiger partial charge in [0.25, 0.3) is 0 Å². The molecule has 2 atom stereocenters. The predicted octanol–water partition coefficient (Wildman–Crippen LogP) is 2.92. The Kier molecular flexibility index (Phi) is 7.21. The molecule has 0 heterocycles. The molecule has 6 heteroatoms. The summed E-state index contributed by atoms with van der Waals surface area (Å²) in [6, 6.07) is 5.43. The highest BCUT2D eigenvalue weighted by molar-refractivity contribution is 14.0. The van der Waals surface area contributed by atoms with E-state index in [0.29, 0.717) is 18.5 Å². The van der Waals surface area contributed by atoms with Crippen LogP contribution >= 0.6 is 24.0 Å². The van der Waals surface area contributed by atoms with Crippen LogP contribution in [0.4, 0.5) is 4.39 Å². The second-order valence-corrected chi connectivity index (χ2v) is 5.13. The summed E-state index contributed by atoms with van der Waals surface area (Å²) in [5, 5.41) is 6.57. The Bertz CT molecular complexity index is 496. The fourth-order valence-corrected chi connectivity index (χ4v) is 2.00. The van der Waals surface area contributed by atoms with Crippen molar-refractivity contribution in [2.24, 2.45) is 10.9 Å². The molecule has 0 radical (unpaired) electrons. The van der Waals surface area contributed by atoms with E-state index in [4.69, 9.17) is 4.74 Å². The number of ether oxygens (including phenoxy) is 1. The van der Waals surface area contributed by atoms with Gasteiger partial charge >= 0.3 is 0 Å². The molecule has 1 aromatic rings. The number of aliphatic imine (C=N–C) groups is 1. The number of nitrogens with zero attached hydrogens (tertiary/aromatic N) is 1. The average Bonchev–Trinajstić information content (AvgIpc) is 3.12. The molecular formula is C15H23FIN3O. The number of rotatable bonds is 5. The maximum Gasteiger partial charge on any atom is 0.191 e. The number of methoxy groups -OCH3 is 1. The normalized spacial score (nSPS) is 20.5. The Labute approximate surface area is 142 Å². The lowest BCUT2D eigenvalue weighted by atomic mass is 10.2. The van der Waals surface area contributed by atoms with Crippen LogP contribution in [0.25, 0.3) is 0 Å². The Balaban J connectivity index is 0.00000220. The van der Waals surface area contributed by atoms with Gasteiger partial charge in [-0.15, -0.1) is 24.0 Å². The van der Waals surface area contributed by atoms with Crippen LogP contribution in [0.15, 0.2) is 23.2 Å². The van der Waals surface area contributed by atoms with Crippen LogP contribution in [0.5, 0.6) is 5.75 Å². The van der Waals surface area contributed by atoms with Crippen LogP contribution in [0.2, 0.25) is 0 Å². The van der Waals surface area contributed by atoms with Crippen molar-refractivity contribution in [3.8, 4) is 5.75 Å². The van der Waals surface area contributed by atoms with Crippen molar-refractivity contribution in [2.75, 3.05) is 13.7 Å². The Hall–Kier alpha value is -1.05. The minimum atomic E-state index is -0.353. The van der Waals surface area contributed by atoms with Gasteiger partial charge in [-0.3, -0.25) is 0 Å². The van der Waals surface area contributed by atoms with Crippen LogP contribution in [0.3, 0.4) is 0 Å². The van der Waals surface area contributed by atoms with Crippen LogP contribution in [0, 0.1) is 11.7 Å². The monoisotopic (exact) mass is 407 g/mol. The molecule has 0 saturated heterocycles. The fraction of sp³-hybridized carbons (Fsp3) is 0.533. The quantitative estimate of drug-likeness (QED) is 0.448. The first-order valence-corrected chi connectivity index (χ1v) is 7.01. The molecule has 0 aliphatic heterocycles. The first kappa shape index (κ1) is 18.0. The molecule has 2 unspecified atom stereocenters. The van der Waals surface area contributed by atoms with E-state index >= 15 is 0 Å². The molecule has 118 valence electrons. The van der Waals surface area contributed by atoms with Gasteiger partial charge in [0, 0.05) is 12.6 Å². The SMILES string of the molecule is CCNC(=NCc1ccc(OC)c(F)c1)NC1CC1C.I. The smallest absolute Gasteiger partial charge is 0.191 e. The highest BCUT2D eigenvalue weighted by Gasteiger charge is 2.33. The molecular weight excluding hydrogens is 384 g/mol. The molecule has 1 aromatic carbocycles. The van der Waals surface area contributed by atoms with Gasteiger partial charge in [0.1, 0.15) is 0 Å². The average molecular weight is 407 g/mol. The zero-order valence-electron chi connectivity index (χ0n) is 12.6. The first-order chi connectivity index (χ1) is 9.63. The molecule has 0 aromatic heterocycles. The van der Waals surface area contributed by atoms with Crippen LogP contribution in [-0.4, -0.2) is 25.7 Å². The van der Waals surface area contributed by atoms with Gasteiger partial charge in [-0.05, 0) is 37.0 Å². The summed E-state index contributed by atoms with van der Waals surface area (Å²) in [6.45, 7) is 5.49. The maximum atomic E-state index is 13.6. The largest absolute Gasteiger partial charge is 0.494 e. The minimum Gasteiger partial charge on any atom is -0.494 e. The molecule has 4 nitrogen and oxygen atoms in total. The van der Waals surface area contributed by atoms with Crippen LogP contribution < -0.4 is 15.4 Å². The highest BCUT2D eigenvalue weighted by Crippen LogP contribution is 2.28.